The van der Waals surface area contributed by atoms with Crippen LogP contribution in [0.15, 0.2) is 57.7 Å². The van der Waals surface area contributed by atoms with E-state index >= 15 is 0 Å². The molecule has 30 heavy (non-hydrogen) atoms. The molecule has 0 spiro atoms. The summed E-state index contributed by atoms with van der Waals surface area (Å²) in [6.07, 6.45) is -0.412. The van der Waals surface area contributed by atoms with Gasteiger partial charge in [-0.1, -0.05) is 12.1 Å². The summed E-state index contributed by atoms with van der Waals surface area (Å²) in [7, 11) is 0. The van der Waals surface area contributed by atoms with E-state index in [0.29, 0.717) is 23.9 Å². The van der Waals surface area contributed by atoms with Crippen LogP contribution in [-0.2, 0) is 16.0 Å². The highest BCUT2D eigenvalue weighted by molar-refractivity contribution is 6.02. The second-order valence-electron chi connectivity index (χ2n) is 7.15. The molecule has 0 N–H and O–H groups in total. The minimum atomic E-state index is -1.07. The molecule has 1 amide bonds. The molecule has 0 saturated heterocycles. The van der Waals surface area contributed by atoms with Crippen LogP contribution in [0.3, 0.4) is 0 Å². The van der Waals surface area contributed by atoms with Gasteiger partial charge in [0.25, 0.3) is 0 Å². The van der Waals surface area contributed by atoms with Crippen LogP contribution in [0.25, 0.3) is 11.0 Å². The van der Waals surface area contributed by atoms with Crippen molar-refractivity contribution >= 4 is 34.3 Å². The van der Waals surface area contributed by atoms with Gasteiger partial charge in [-0.05, 0) is 49.2 Å². The van der Waals surface area contributed by atoms with Gasteiger partial charge < -0.3 is 14.1 Å². The third-order valence-corrected chi connectivity index (χ3v) is 5.13. The van der Waals surface area contributed by atoms with Crippen molar-refractivity contribution in [3.63, 3.8) is 0 Å². The molecule has 0 radical (unpaired) electrons. The molecule has 1 aliphatic heterocycles. The predicted octanol–water partition coefficient (Wildman–Crippen LogP) is 3.13. The predicted molar refractivity (Wildman–Crippen MR) is 110 cm³/mol. The SMILES string of the molecule is CC(=O)N1CCc2cc(C(=O)[C@@H](C)OC(=O)c3cc(=O)c4ccccc4o3)ccc21. The average Bonchev–Trinajstić information content (AvgIpc) is 3.16. The van der Waals surface area contributed by atoms with E-state index in [1.165, 1.54) is 13.8 Å². The summed E-state index contributed by atoms with van der Waals surface area (Å²) in [5.74, 6) is -1.57. The Hall–Kier alpha value is -3.74. The number of esters is 1. The first-order valence-corrected chi connectivity index (χ1v) is 9.54. The van der Waals surface area contributed by atoms with Crippen molar-refractivity contribution in [3.05, 3.63) is 75.6 Å². The molecule has 0 saturated carbocycles. The standard InChI is InChI=1S/C23H19NO6/c1-13(22(27)16-7-8-18-15(11-16)9-10-24(18)14(2)25)29-23(28)21-12-19(26)17-5-3-4-6-20(17)30-21/h3-8,11-13H,9-10H2,1-2H3/t13-/m1/s1. The fraction of sp³-hybridized carbons (Fsp3) is 0.217. The van der Waals surface area contributed by atoms with Gasteiger partial charge in [0, 0.05) is 30.8 Å². The Balaban J connectivity index is 1.52. The van der Waals surface area contributed by atoms with E-state index in [1.807, 2.05) is 0 Å². The zero-order chi connectivity index (χ0) is 21.4. The summed E-state index contributed by atoms with van der Waals surface area (Å²) in [6.45, 7) is 3.54. The number of fused-ring (bicyclic) bond motifs is 2. The summed E-state index contributed by atoms with van der Waals surface area (Å²) in [5.41, 5.74) is 1.98. The zero-order valence-corrected chi connectivity index (χ0v) is 16.5. The van der Waals surface area contributed by atoms with E-state index in [9.17, 15) is 19.2 Å². The Kier molecular flexibility index (Phi) is 4.95. The molecular formula is C23H19NO6. The number of carbonyl (C=O) groups excluding carboxylic acids is 3. The lowest BCUT2D eigenvalue weighted by molar-refractivity contribution is -0.116. The summed E-state index contributed by atoms with van der Waals surface area (Å²) < 4.78 is 10.7. The quantitative estimate of drug-likeness (QED) is 0.489. The maximum absolute atomic E-state index is 12.8. The Morgan fingerprint density at radius 2 is 1.87 bits per heavy atom. The summed E-state index contributed by atoms with van der Waals surface area (Å²) in [4.78, 5) is 50.7. The molecule has 0 aliphatic carbocycles. The molecule has 0 unspecified atom stereocenters. The summed E-state index contributed by atoms with van der Waals surface area (Å²) >= 11 is 0. The fourth-order valence-electron chi connectivity index (χ4n) is 3.59. The normalized spacial score (nSPS) is 13.7. The minimum Gasteiger partial charge on any atom is -0.449 e. The highest BCUT2D eigenvalue weighted by atomic mass is 16.6. The van der Waals surface area contributed by atoms with Crippen LogP contribution in [0.4, 0.5) is 5.69 Å². The van der Waals surface area contributed by atoms with Crippen molar-refractivity contribution in [2.75, 3.05) is 11.4 Å². The Morgan fingerprint density at radius 1 is 1.10 bits per heavy atom. The zero-order valence-electron chi connectivity index (χ0n) is 16.5. The van der Waals surface area contributed by atoms with Gasteiger partial charge in [-0.2, -0.15) is 0 Å². The van der Waals surface area contributed by atoms with Crippen molar-refractivity contribution in [2.45, 2.75) is 26.4 Å². The number of ketones is 1. The molecule has 2 aromatic carbocycles. The largest absolute Gasteiger partial charge is 0.449 e. The van der Waals surface area contributed by atoms with Crippen molar-refractivity contribution in [2.24, 2.45) is 0 Å². The number of Topliss-reactive ketones (excluding diaryl/α,β-unsaturated/α-hetero) is 1. The van der Waals surface area contributed by atoms with Gasteiger partial charge >= 0.3 is 5.97 Å². The first-order valence-electron chi connectivity index (χ1n) is 9.54. The van der Waals surface area contributed by atoms with Crippen LogP contribution >= 0.6 is 0 Å². The van der Waals surface area contributed by atoms with Gasteiger partial charge in [-0.25, -0.2) is 4.79 Å². The number of benzene rings is 2. The molecule has 152 valence electrons. The second kappa shape index (κ2) is 7.59. The average molecular weight is 405 g/mol. The van der Waals surface area contributed by atoms with Gasteiger partial charge in [-0.3, -0.25) is 14.4 Å². The molecule has 3 aromatic rings. The van der Waals surface area contributed by atoms with Gasteiger partial charge in [0.15, 0.2) is 11.5 Å². The highest BCUT2D eigenvalue weighted by Gasteiger charge is 2.26. The van der Waals surface area contributed by atoms with Gasteiger partial charge in [-0.15, -0.1) is 0 Å². The van der Waals surface area contributed by atoms with Crippen molar-refractivity contribution in [3.8, 4) is 0 Å². The molecule has 4 rings (SSSR count). The van der Waals surface area contributed by atoms with E-state index in [0.717, 1.165) is 17.3 Å². The number of ether oxygens (including phenoxy) is 1. The number of rotatable bonds is 4. The van der Waals surface area contributed by atoms with Gasteiger partial charge in [0.2, 0.25) is 17.5 Å². The van der Waals surface area contributed by atoms with Gasteiger partial charge in [0.05, 0.1) is 5.39 Å². The van der Waals surface area contributed by atoms with Crippen LogP contribution in [0, 0.1) is 0 Å². The van der Waals surface area contributed by atoms with Crippen LogP contribution in [0.1, 0.15) is 40.3 Å². The monoisotopic (exact) mass is 405 g/mol. The molecule has 7 heteroatoms. The molecule has 1 atom stereocenters. The fourth-order valence-corrected chi connectivity index (χ4v) is 3.59. The Morgan fingerprint density at radius 3 is 2.63 bits per heavy atom. The molecule has 2 heterocycles. The maximum atomic E-state index is 12.8. The van der Waals surface area contributed by atoms with E-state index in [-0.39, 0.29) is 28.5 Å². The van der Waals surface area contributed by atoms with Gasteiger partial charge in [0.1, 0.15) is 5.58 Å². The Labute approximate surface area is 171 Å². The lowest BCUT2D eigenvalue weighted by atomic mass is 10.0. The smallest absolute Gasteiger partial charge is 0.375 e. The van der Waals surface area contributed by atoms with Crippen LogP contribution in [0.5, 0.6) is 0 Å². The minimum absolute atomic E-state index is 0.0491. The van der Waals surface area contributed by atoms with Crippen LogP contribution < -0.4 is 10.3 Å². The van der Waals surface area contributed by atoms with E-state index < -0.39 is 12.1 Å². The van der Waals surface area contributed by atoms with E-state index in [4.69, 9.17) is 9.15 Å². The third kappa shape index (κ3) is 3.50. The Bertz CT molecular complexity index is 1240. The number of para-hydroxylation sites is 1. The van der Waals surface area contributed by atoms with E-state index in [1.54, 1.807) is 47.4 Å². The molecule has 1 aromatic heterocycles. The highest BCUT2D eigenvalue weighted by Crippen LogP contribution is 2.29. The second-order valence-corrected chi connectivity index (χ2v) is 7.15. The first-order chi connectivity index (χ1) is 14.3. The summed E-state index contributed by atoms with van der Waals surface area (Å²) in [5, 5.41) is 0.357. The maximum Gasteiger partial charge on any atom is 0.375 e. The number of nitrogens with zero attached hydrogens (tertiary/aromatic N) is 1. The summed E-state index contributed by atoms with van der Waals surface area (Å²) in [6, 6.07) is 12.7. The lowest BCUT2D eigenvalue weighted by Gasteiger charge is -2.16. The lowest BCUT2D eigenvalue weighted by Crippen LogP contribution is -2.26. The molecule has 0 bridgehead atoms. The first kappa shape index (κ1) is 19.6. The van der Waals surface area contributed by atoms with Crippen molar-refractivity contribution in [1.82, 2.24) is 0 Å². The molecule has 1 aliphatic rings. The van der Waals surface area contributed by atoms with Crippen LogP contribution in [-0.4, -0.2) is 30.3 Å². The topological polar surface area (TPSA) is 93.9 Å². The number of hydrogen-bond donors (Lipinski definition) is 0. The third-order valence-electron chi connectivity index (χ3n) is 5.13. The van der Waals surface area contributed by atoms with Crippen LogP contribution in [0.2, 0.25) is 0 Å². The molecule has 0 fully saturated rings. The number of hydrogen-bond acceptors (Lipinski definition) is 6. The molecular weight excluding hydrogens is 386 g/mol. The number of carbonyl (C=O) groups is 3. The number of amides is 1. The van der Waals surface area contributed by atoms with Crippen molar-refractivity contribution < 1.29 is 23.5 Å². The van der Waals surface area contributed by atoms with Crippen molar-refractivity contribution in [1.29, 1.82) is 0 Å². The number of anilines is 1. The molecule has 7 nitrogen and oxygen atoms in total. The van der Waals surface area contributed by atoms with E-state index in [2.05, 4.69) is 0 Å².